The Morgan fingerprint density at radius 2 is 1.89 bits per heavy atom. The minimum atomic E-state index is -0.583. The van der Waals surface area contributed by atoms with Crippen molar-refractivity contribution in [2.24, 2.45) is 0 Å². The molecule has 1 N–H and O–H groups in total. The summed E-state index contributed by atoms with van der Waals surface area (Å²) in [7, 11) is 1.48. The molecule has 2 aliphatic heterocycles. The fourth-order valence-electron chi connectivity index (χ4n) is 3.80. The van der Waals surface area contributed by atoms with Crippen molar-refractivity contribution in [3.05, 3.63) is 81.7 Å². The standard InChI is InChI=1S/C27H21ClN2O7S/c1-34-22-10-17(9-19(28)25(22)35-14-16-5-3-2-4-6-16)11-23-26(32)30(27(33)38-23)13-24(31)29-18-7-8-20-21(12-18)37-15-36-20/h2-12H,13-15H2,1H3,(H,29,31)/b23-11-. The predicted molar refractivity (Wildman–Crippen MR) is 143 cm³/mol. The Morgan fingerprint density at radius 1 is 1.11 bits per heavy atom. The van der Waals surface area contributed by atoms with Crippen LogP contribution in [0, 0.1) is 0 Å². The number of methoxy groups -OCH3 is 1. The van der Waals surface area contributed by atoms with Crippen molar-refractivity contribution in [3.8, 4) is 23.0 Å². The van der Waals surface area contributed by atoms with Crippen molar-refractivity contribution in [1.82, 2.24) is 4.90 Å². The van der Waals surface area contributed by atoms with Gasteiger partial charge in [-0.3, -0.25) is 19.3 Å². The Kier molecular flexibility index (Phi) is 7.43. The summed E-state index contributed by atoms with van der Waals surface area (Å²) in [5, 5.41) is 2.39. The number of fused-ring (bicyclic) bond motifs is 1. The van der Waals surface area contributed by atoms with E-state index in [0.717, 1.165) is 22.2 Å². The zero-order valence-corrected chi connectivity index (χ0v) is 21.6. The maximum Gasteiger partial charge on any atom is 0.294 e. The molecular weight excluding hydrogens is 532 g/mol. The molecule has 0 aromatic heterocycles. The van der Waals surface area contributed by atoms with Crippen LogP contribution in [-0.2, 0) is 16.2 Å². The number of carbonyl (C=O) groups excluding carboxylic acids is 3. The maximum atomic E-state index is 12.9. The summed E-state index contributed by atoms with van der Waals surface area (Å²) in [6, 6.07) is 17.8. The minimum Gasteiger partial charge on any atom is -0.493 e. The SMILES string of the molecule is COc1cc(/C=C2\SC(=O)N(CC(=O)Nc3ccc4c(c3)OCO4)C2=O)cc(Cl)c1OCc1ccccc1. The summed E-state index contributed by atoms with van der Waals surface area (Å²) >= 11 is 7.21. The van der Waals surface area contributed by atoms with Crippen LogP contribution in [0.25, 0.3) is 6.08 Å². The van der Waals surface area contributed by atoms with Gasteiger partial charge in [0.2, 0.25) is 12.7 Å². The van der Waals surface area contributed by atoms with E-state index >= 15 is 0 Å². The van der Waals surface area contributed by atoms with Gasteiger partial charge in [0.05, 0.1) is 17.0 Å². The van der Waals surface area contributed by atoms with Crippen molar-refractivity contribution < 1.29 is 33.3 Å². The fraction of sp³-hybridized carbons (Fsp3) is 0.148. The number of hydrogen-bond acceptors (Lipinski definition) is 8. The van der Waals surface area contributed by atoms with Crippen molar-refractivity contribution in [1.29, 1.82) is 0 Å². The van der Waals surface area contributed by atoms with Crippen LogP contribution in [0.4, 0.5) is 10.5 Å². The van der Waals surface area contributed by atoms with Gasteiger partial charge in [0, 0.05) is 11.8 Å². The predicted octanol–water partition coefficient (Wildman–Crippen LogP) is 5.33. The number of hydrogen-bond donors (Lipinski definition) is 1. The van der Waals surface area contributed by atoms with Gasteiger partial charge in [0.25, 0.3) is 11.1 Å². The lowest BCUT2D eigenvalue weighted by molar-refractivity contribution is -0.127. The number of rotatable bonds is 8. The molecular formula is C27H21ClN2O7S. The van der Waals surface area contributed by atoms with Gasteiger partial charge >= 0.3 is 0 Å². The first-order valence-corrected chi connectivity index (χ1v) is 12.6. The number of amides is 3. The molecule has 0 unspecified atom stereocenters. The number of anilines is 1. The number of benzene rings is 3. The van der Waals surface area contributed by atoms with E-state index in [4.69, 9.17) is 30.5 Å². The smallest absolute Gasteiger partial charge is 0.294 e. The molecule has 5 rings (SSSR count). The quantitative estimate of drug-likeness (QED) is 0.374. The topological polar surface area (TPSA) is 103 Å². The van der Waals surface area contributed by atoms with Crippen molar-refractivity contribution in [2.45, 2.75) is 6.61 Å². The molecule has 1 saturated heterocycles. The van der Waals surface area contributed by atoms with Crippen LogP contribution < -0.4 is 24.3 Å². The van der Waals surface area contributed by atoms with Crippen LogP contribution >= 0.6 is 23.4 Å². The third-order valence-electron chi connectivity index (χ3n) is 5.61. The highest BCUT2D eigenvalue weighted by Gasteiger charge is 2.36. The van der Waals surface area contributed by atoms with Gasteiger partial charge in [0.1, 0.15) is 13.2 Å². The van der Waals surface area contributed by atoms with Crippen LogP contribution in [-0.4, -0.2) is 42.4 Å². The highest BCUT2D eigenvalue weighted by molar-refractivity contribution is 8.18. The van der Waals surface area contributed by atoms with E-state index in [0.29, 0.717) is 40.9 Å². The second-order valence-electron chi connectivity index (χ2n) is 8.19. The maximum absolute atomic E-state index is 12.9. The second-order valence-corrected chi connectivity index (χ2v) is 9.59. The molecule has 0 saturated carbocycles. The van der Waals surface area contributed by atoms with E-state index in [-0.39, 0.29) is 16.7 Å². The van der Waals surface area contributed by atoms with Gasteiger partial charge in [-0.25, -0.2) is 0 Å². The molecule has 0 aliphatic carbocycles. The number of halogens is 1. The monoisotopic (exact) mass is 552 g/mol. The zero-order chi connectivity index (χ0) is 26.6. The molecule has 194 valence electrons. The van der Waals surface area contributed by atoms with Crippen LogP contribution in [0.3, 0.4) is 0 Å². The molecule has 3 amide bonds. The van der Waals surface area contributed by atoms with Gasteiger partial charge in [-0.1, -0.05) is 41.9 Å². The molecule has 0 spiro atoms. The van der Waals surface area contributed by atoms with E-state index in [2.05, 4.69) is 5.32 Å². The van der Waals surface area contributed by atoms with Crippen molar-refractivity contribution in [2.75, 3.05) is 25.8 Å². The lowest BCUT2D eigenvalue weighted by Gasteiger charge is -2.14. The average Bonchev–Trinajstić information content (AvgIpc) is 3.48. The Morgan fingerprint density at radius 3 is 2.68 bits per heavy atom. The molecule has 3 aromatic carbocycles. The molecule has 0 atom stereocenters. The highest BCUT2D eigenvalue weighted by Crippen LogP contribution is 2.39. The number of nitrogens with one attached hydrogen (secondary N) is 1. The molecule has 0 radical (unpaired) electrons. The molecule has 1 fully saturated rings. The molecule has 38 heavy (non-hydrogen) atoms. The molecule has 3 aromatic rings. The lowest BCUT2D eigenvalue weighted by Crippen LogP contribution is -2.36. The van der Waals surface area contributed by atoms with Crippen LogP contribution in [0.1, 0.15) is 11.1 Å². The molecule has 2 aliphatic rings. The third-order valence-corrected chi connectivity index (χ3v) is 6.80. The van der Waals surface area contributed by atoms with Gasteiger partial charge in [0.15, 0.2) is 23.0 Å². The summed E-state index contributed by atoms with van der Waals surface area (Å²) in [6.07, 6.45) is 1.52. The van der Waals surface area contributed by atoms with Gasteiger partial charge in [-0.2, -0.15) is 0 Å². The molecule has 0 bridgehead atoms. The zero-order valence-electron chi connectivity index (χ0n) is 20.1. The summed E-state index contributed by atoms with van der Waals surface area (Å²) in [5.74, 6) is 0.705. The summed E-state index contributed by atoms with van der Waals surface area (Å²) < 4.78 is 21.9. The van der Waals surface area contributed by atoms with Crippen LogP contribution in [0.15, 0.2) is 65.6 Å². The number of nitrogens with zero attached hydrogens (tertiary/aromatic N) is 1. The molecule has 2 heterocycles. The Bertz CT molecular complexity index is 1440. The third kappa shape index (κ3) is 5.56. The van der Waals surface area contributed by atoms with Crippen LogP contribution in [0.2, 0.25) is 5.02 Å². The summed E-state index contributed by atoms with van der Waals surface area (Å²) in [4.78, 5) is 39.1. The Balaban J connectivity index is 1.27. The van der Waals surface area contributed by atoms with E-state index in [1.54, 1.807) is 30.3 Å². The number of carbonyl (C=O) groups is 3. The van der Waals surface area contributed by atoms with Gasteiger partial charge in [-0.05, 0) is 53.2 Å². The van der Waals surface area contributed by atoms with Crippen molar-refractivity contribution in [3.63, 3.8) is 0 Å². The molecule has 11 heteroatoms. The fourth-order valence-corrected chi connectivity index (χ4v) is 4.91. The first-order valence-electron chi connectivity index (χ1n) is 11.4. The lowest BCUT2D eigenvalue weighted by atomic mass is 10.1. The van der Waals surface area contributed by atoms with E-state index in [1.165, 1.54) is 13.2 Å². The van der Waals surface area contributed by atoms with E-state index < -0.39 is 23.6 Å². The van der Waals surface area contributed by atoms with E-state index in [1.807, 2.05) is 30.3 Å². The first kappa shape index (κ1) is 25.5. The first-order chi connectivity index (χ1) is 18.4. The largest absolute Gasteiger partial charge is 0.493 e. The normalized spacial score (nSPS) is 15.2. The number of imide groups is 1. The van der Waals surface area contributed by atoms with Gasteiger partial charge in [-0.15, -0.1) is 0 Å². The Hall–Kier alpha value is -4.15. The average molecular weight is 553 g/mol. The molecule has 9 nitrogen and oxygen atoms in total. The Labute approximate surface area is 227 Å². The van der Waals surface area contributed by atoms with Gasteiger partial charge < -0.3 is 24.3 Å². The van der Waals surface area contributed by atoms with E-state index in [9.17, 15) is 14.4 Å². The number of ether oxygens (including phenoxy) is 4. The van der Waals surface area contributed by atoms with Crippen LogP contribution in [0.5, 0.6) is 23.0 Å². The summed E-state index contributed by atoms with van der Waals surface area (Å²) in [6.45, 7) is -0.0351. The minimum absolute atomic E-state index is 0.108. The summed E-state index contributed by atoms with van der Waals surface area (Å²) in [5.41, 5.74) is 1.96. The van der Waals surface area contributed by atoms with Crippen molar-refractivity contribution >= 4 is 52.2 Å². The second kappa shape index (κ2) is 11.1. The highest BCUT2D eigenvalue weighted by atomic mass is 35.5. The number of thioether (sulfide) groups is 1.